The molecule has 2 fully saturated rings. The molecule has 6 rings (SSSR count). The van der Waals surface area contributed by atoms with Crippen LogP contribution in [0, 0.1) is 17.3 Å². The summed E-state index contributed by atoms with van der Waals surface area (Å²) in [6.45, 7) is 2.26. The zero-order valence-electron chi connectivity index (χ0n) is 20.3. The predicted molar refractivity (Wildman–Crippen MR) is 138 cm³/mol. The summed E-state index contributed by atoms with van der Waals surface area (Å²) in [5.74, 6) is 2.46. The standard InChI is InChI=1S/C32H35NO/c1-32-20-19-27-26-15-14-24(21-23(26)13-16-28(27)29(32)17-18-31(32)34)30-12-6-11-25(33-30)10-5-9-22-7-3-2-4-8-22/h2-4,6-8,11-12,14-15,21,27-29H,5,9-10,13,16-20H2,1H3/t27-,28-,29+,32+/m1/s1. The Morgan fingerprint density at radius 2 is 1.79 bits per heavy atom. The molecule has 0 amide bonds. The predicted octanol–water partition coefficient (Wildman–Crippen LogP) is 7.35. The summed E-state index contributed by atoms with van der Waals surface area (Å²) in [5, 5.41) is 0. The number of hydrogen-bond donors (Lipinski definition) is 0. The van der Waals surface area contributed by atoms with E-state index in [1.165, 1.54) is 35.2 Å². The zero-order valence-corrected chi connectivity index (χ0v) is 20.3. The number of aryl methyl sites for hydroxylation is 3. The third kappa shape index (κ3) is 3.82. The summed E-state index contributed by atoms with van der Waals surface area (Å²) in [6, 6.07) is 24.3. The van der Waals surface area contributed by atoms with Crippen molar-refractivity contribution in [3.8, 4) is 11.3 Å². The van der Waals surface area contributed by atoms with Crippen molar-refractivity contribution in [1.82, 2.24) is 4.98 Å². The fraction of sp³-hybridized carbons (Fsp3) is 0.438. The third-order valence-electron chi connectivity index (χ3n) is 9.28. The molecule has 0 aliphatic heterocycles. The fourth-order valence-corrected chi connectivity index (χ4v) is 7.41. The van der Waals surface area contributed by atoms with Crippen LogP contribution >= 0.6 is 0 Å². The van der Waals surface area contributed by atoms with Gasteiger partial charge >= 0.3 is 0 Å². The lowest BCUT2D eigenvalue weighted by molar-refractivity contribution is -0.129. The lowest BCUT2D eigenvalue weighted by Crippen LogP contribution is -2.42. The quantitative estimate of drug-likeness (QED) is 0.407. The van der Waals surface area contributed by atoms with E-state index >= 15 is 0 Å². The first kappa shape index (κ1) is 21.8. The topological polar surface area (TPSA) is 30.0 Å². The molecule has 3 aliphatic rings. The van der Waals surface area contributed by atoms with Gasteiger partial charge in [-0.05, 0) is 104 Å². The minimum absolute atomic E-state index is 0.0382. The molecule has 4 atom stereocenters. The van der Waals surface area contributed by atoms with Crippen molar-refractivity contribution < 1.29 is 4.79 Å². The van der Waals surface area contributed by atoms with Crippen molar-refractivity contribution in [2.75, 3.05) is 0 Å². The van der Waals surface area contributed by atoms with E-state index in [2.05, 4.69) is 73.7 Å². The largest absolute Gasteiger partial charge is 0.299 e. The minimum atomic E-state index is -0.0382. The Labute approximate surface area is 203 Å². The van der Waals surface area contributed by atoms with Gasteiger partial charge in [0.2, 0.25) is 0 Å². The van der Waals surface area contributed by atoms with Gasteiger partial charge < -0.3 is 0 Å². The Bertz CT molecular complexity index is 1200. The van der Waals surface area contributed by atoms with Crippen LogP contribution in [0.1, 0.15) is 73.8 Å². The van der Waals surface area contributed by atoms with Crippen LogP contribution in [0.25, 0.3) is 11.3 Å². The maximum Gasteiger partial charge on any atom is 0.139 e. The van der Waals surface area contributed by atoms with Crippen molar-refractivity contribution in [1.29, 1.82) is 0 Å². The summed E-state index contributed by atoms with van der Waals surface area (Å²) in [4.78, 5) is 17.6. The summed E-state index contributed by atoms with van der Waals surface area (Å²) >= 11 is 0. The van der Waals surface area contributed by atoms with E-state index in [1.807, 2.05) is 0 Å². The summed E-state index contributed by atoms with van der Waals surface area (Å²) < 4.78 is 0. The summed E-state index contributed by atoms with van der Waals surface area (Å²) in [6.07, 6.45) is 9.78. The van der Waals surface area contributed by atoms with E-state index in [0.29, 0.717) is 23.5 Å². The van der Waals surface area contributed by atoms with Crippen molar-refractivity contribution in [3.63, 3.8) is 0 Å². The summed E-state index contributed by atoms with van der Waals surface area (Å²) in [7, 11) is 0. The van der Waals surface area contributed by atoms with Crippen LogP contribution in [0.15, 0.2) is 66.7 Å². The first-order valence-electron chi connectivity index (χ1n) is 13.3. The molecule has 0 spiro atoms. The molecule has 2 aromatic carbocycles. The number of Topliss-reactive ketones (excluding diaryl/α,β-unsaturated/α-hetero) is 1. The van der Waals surface area contributed by atoms with Crippen molar-refractivity contribution >= 4 is 5.78 Å². The molecule has 1 aromatic heterocycles. The highest BCUT2D eigenvalue weighted by Gasteiger charge is 2.54. The van der Waals surface area contributed by atoms with Gasteiger partial charge in [0.15, 0.2) is 0 Å². The highest BCUT2D eigenvalue weighted by atomic mass is 16.1. The molecule has 2 nitrogen and oxygen atoms in total. The van der Waals surface area contributed by atoms with Gasteiger partial charge in [-0.1, -0.05) is 55.5 Å². The average molecular weight is 450 g/mol. The molecular weight excluding hydrogens is 414 g/mol. The number of carbonyl (C=O) groups is 1. The number of nitrogens with zero attached hydrogens (tertiary/aromatic N) is 1. The lowest BCUT2D eigenvalue weighted by atomic mass is 9.55. The second-order valence-corrected chi connectivity index (χ2v) is 11.1. The number of hydrogen-bond acceptors (Lipinski definition) is 2. The SMILES string of the molecule is C[C@]12CC[C@@H]3c4ccc(-c5cccc(CCCc6ccccc6)n5)cc4CC[C@H]3[C@@H]1CCC2=O. The molecule has 3 aromatic rings. The van der Waals surface area contributed by atoms with E-state index in [9.17, 15) is 4.79 Å². The number of carbonyl (C=O) groups excluding carboxylic acids is 1. The maximum atomic E-state index is 12.6. The molecule has 0 unspecified atom stereocenters. The van der Waals surface area contributed by atoms with Gasteiger partial charge in [-0.2, -0.15) is 0 Å². The second-order valence-electron chi connectivity index (χ2n) is 11.1. The number of rotatable bonds is 5. The lowest BCUT2D eigenvalue weighted by Gasteiger charge is -2.48. The monoisotopic (exact) mass is 449 g/mol. The average Bonchev–Trinajstić information content (AvgIpc) is 3.18. The molecule has 174 valence electrons. The van der Waals surface area contributed by atoms with Crippen LogP contribution < -0.4 is 0 Å². The molecule has 0 bridgehead atoms. The Balaban J connectivity index is 1.18. The van der Waals surface area contributed by atoms with Crippen LogP contribution in [0.3, 0.4) is 0 Å². The first-order valence-corrected chi connectivity index (χ1v) is 13.3. The molecule has 0 radical (unpaired) electrons. The number of benzene rings is 2. The number of ketones is 1. The molecule has 2 saturated carbocycles. The van der Waals surface area contributed by atoms with Crippen molar-refractivity contribution in [2.45, 2.75) is 70.6 Å². The van der Waals surface area contributed by atoms with Gasteiger partial charge in [-0.25, -0.2) is 0 Å². The Kier molecular flexibility index (Phi) is 5.63. The molecule has 0 saturated heterocycles. The minimum Gasteiger partial charge on any atom is -0.299 e. The Morgan fingerprint density at radius 3 is 2.68 bits per heavy atom. The number of pyridine rings is 1. The molecule has 1 heterocycles. The molecule has 3 aliphatic carbocycles. The van der Waals surface area contributed by atoms with Crippen LogP contribution in [0.2, 0.25) is 0 Å². The molecule has 0 N–H and O–H groups in total. The van der Waals surface area contributed by atoms with E-state index in [0.717, 1.165) is 50.6 Å². The van der Waals surface area contributed by atoms with Gasteiger partial charge in [-0.3, -0.25) is 9.78 Å². The molecular formula is C32H35NO. The van der Waals surface area contributed by atoms with E-state index < -0.39 is 0 Å². The normalized spacial score (nSPS) is 27.7. The Hall–Kier alpha value is -2.74. The second kappa shape index (κ2) is 8.80. The van der Waals surface area contributed by atoms with Gasteiger partial charge in [0.05, 0.1) is 5.69 Å². The van der Waals surface area contributed by atoms with Gasteiger partial charge in [0, 0.05) is 23.1 Å². The van der Waals surface area contributed by atoms with Crippen molar-refractivity contribution in [2.24, 2.45) is 17.3 Å². The fourth-order valence-electron chi connectivity index (χ4n) is 7.41. The highest BCUT2D eigenvalue weighted by Crippen LogP contribution is 2.59. The van der Waals surface area contributed by atoms with Gasteiger partial charge in [-0.15, -0.1) is 0 Å². The van der Waals surface area contributed by atoms with E-state index in [-0.39, 0.29) is 5.41 Å². The van der Waals surface area contributed by atoms with Crippen molar-refractivity contribution in [3.05, 3.63) is 89.1 Å². The number of aromatic nitrogens is 1. The van der Waals surface area contributed by atoms with E-state index in [1.54, 1.807) is 5.56 Å². The zero-order chi connectivity index (χ0) is 23.1. The first-order chi connectivity index (χ1) is 16.6. The highest BCUT2D eigenvalue weighted by molar-refractivity contribution is 5.87. The Morgan fingerprint density at radius 1 is 0.912 bits per heavy atom. The van der Waals surface area contributed by atoms with Crippen LogP contribution in [-0.4, -0.2) is 10.8 Å². The van der Waals surface area contributed by atoms with Crippen LogP contribution in [0.4, 0.5) is 0 Å². The smallest absolute Gasteiger partial charge is 0.139 e. The molecule has 34 heavy (non-hydrogen) atoms. The maximum absolute atomic E-state index is 12.6. The van der Waals surface area contributed by atoms with Crippen LogP contribution in [-0.2, 0) is 24.1 Å². The molecule has 2 heteroatoms. The van der Waals surface area contributed by atoms with Crippen LogP contribution in [0.5, 0.6) is 0 Å². The van der Waals surface area contributed by atoms with Gasteiger partial charge in [0.1, 0.15) is 5.78 Å². The van der Waals surface area contributed by atoms with E-state index in [4.69, 9.17) is 4.98 Å². The number of fused-ring (bicyclic) bond motifs is 5. The van der Waals surface area contributed by atoms with Gasteiger partial charge in [0.25, 0.3) is 0 Å². The third-order valence-corrected chi connectivity index (χ3v) is 9.28. The summed E-state index contributed by atoms with van der Waals surface area (Å²) in [5.41, 5.74) is 7.96.